The third kappa shape index (κ3) is 3.40. The Morgan fingerprint density at radius 1 is 1.35 bits per heavy atom. The van der Waals surface area contributed by atoms with Crippen molar-refractivity contribution in [3.05, 3.63) is 64.8 Å². The number of halogens is 2. The standard InChI is InChI=1S/C15H13ClFN5O/c1-21-13(4-6-18-21)15(23)19-14-5-7-22(20-14)9-10-2-3-11(17)8-12(10)16/h2-8H,9H2,1H3,(H,19,20,23). The molecular formula is C15H13ClFN5O. The molecule has 0 fully saturated rings. The van der Waals surface area contributed by atoms with Gasteiger partial charge in [-0.1, -0.05) is 17.7 Å². The first-order valence-electron chi connectivity index (χ1n) is 6.79. The van der Waals surface area contributed by atoms with E-state index in [1.165, 1.54) is 16.8 Å². The third-order valence-corrected chi connectivity index (χ3v) is 3.64. The van der Waals surface area contributed by atoms with Gasteiger partial charge in [-0.15, -0.1) is 0 Å². The van der Waals surface area contributed by atoms with Crippen LogP contribution < -0.4 is 5.32 Å². The average molecular weight is 334 g/mol. The van der Waals surface area contributed by atoms with Gasteiger partial charge in [0.25, 0.3) is 5.91 Å². The predicted molar refractivity (Wildman–Crippen MR) is 83.9 cm³/mol. The number of carbonyl (C=O) groups excluding carboxylic acids is 1. The van der Waals surface area contributed by atoms with Crippen molar-refractivity contribution in [2.75, 3.05) is 5.32 Å². The lowest BCUT2D eigenvalue weighted by molar-refractivity contribution is 0.101. The van der Waals surface area contributed by atoms with Gasteiger partial charge < -0.3 is 5.32 Å². The maximum Gasteiger partial charge on any atom is 0.275 e. The summed E-state index contributed by atoms with van der Waals surface area (Å²) in [4.78, 5) is 12.1. The number of anilines is 1. The van der Waals surface area contributed by atoms with E-state index in [1.807, 2.05) is 0 Å². The van der Waals surface area contributed by atoms with Gasteiger partial charge in [0.15, 0.2) is 5.82 Å². The number of nitrogens with zero attached hydrogens (tertiary/aromatic N) is 4. The van der Waals surface area contributed by atoms with E-state index in [4.69, 9.17) is 11.6 Å². The van der Waals surface area contributed by atoms with Gasteiger partial charge >= 0.3 is 0 Å². The second-order valence-electron chi connectivity index (χ2n) is 4.93. The molecule has 0 saturated carbocycles. The number of carbonyl (C=O) groups is 1. The first-order valence-corrected chi connectivity index (χ1v) is 7.17. The van der Waals surface area contributed by atoms with Crippen molar-refractivity contribution in [2.24, 2.45) is 7.05 Å². The van der Waals surface area contributed by atoms with Crippen LogP contribution in [0.4, 0.5) is 10.2 Å². The highest BCUT2D eigenvalue weighted by atomic mass is 35.5. The highest BCUT2D eigenvalue weighted by molar-refractivity contribution is 6.31. The number of aromatic nitrogens is 4. The molecule has 0 bridgehead atoms. The summed E-state index contributed by atoms with van der Waals surface area (Å²) in [7, 11) is 1.68. The van der Waals surface area contributed by atoms with Crippen LogP contribution in [0.5, 0.6) is 0 Å². The minimum absolute atomic E-state index is 0.296. The summed E-state index contributed by atoms with van der Waals surface area (Å²) in [5.41, 5.74) is 1.17. The molecule has 0 radical (unpaired) electrons. The molecule has 0 spiro atoms. The van der Waals surface area contributed by atoms with E-state index in [0.717, 1.165) is 5.56 Å². The Balaban J connectivity index is 1.71. The van der Waals surface area contributed by atoms with Gasteiger partial charge in [-0.3, -0.25) is 14.2 Å². The first-order chi connectivity index (χ1) is 11.0. The van der Waals surface area contributed by atoms with E-state index in [-0.39, 0.29) is 11.7 Å². The van der Waals surface area contributed by atoms with Crippen LogP contribution in [0, 0.1) is 5.82 Å². The van der Waals surface area contributed by atoms with E-state index in [1.54, 1.807) is 42.3 Å². The van der Waals surface area contributed by atoms with Gasteiger partial charge in [-0.05, 0) is 23.8 Å². The van der Waals surface area contributed by atoms with Crippen LogP contribution in [-0.4, -0.2) is 25.5 Å². The van der Waals surface area contributed by atoms with E-state index in [2.05, 4.69) is 15.5 Å². The third-order valence-electron chi connectivity index (χ3n) is 3.28. The Bertz CT molecular complexity index is 857. The molecule has 1 N–H and O–H groups in total. The fourth-order valence-electron chi connectivity index (χ4n) is 2.12. The topological polar surface area (TPSA) is 64.7 Å². The summed E-state index contributed by atoms with van der Waals surface area (Å²) >= 11 is 5.99. The van der Waals surface area contributed by atoms with Gasteiger partial charge in [-0.2, -0.15) is 10.2 Å². The number of benzene rings is 1. The quantitative estimate of drug-likeness (QED) is 0.798. The number of rotatable bonds is 4. The summed E-state index contributed by atoms with van der Waals surface area (Å²) in [5.74, 6) is -0.271. The summed E-state index contributed by atoms with van der Waals surface area (Å²) < 4.78 is 16.1. The molecule has 23 heavy (non-hydrogen) atoms. The predicted octanol–water partition coefficient (Wildman–Crippen LogP) is 2.71. The van der Waals surface area contributed by atoms with Crippen molar-refractivity contribution in [1.29, 1.82) is 0 Å². The lowest BCUT2D eigenvalue weighted by atomic mass is 10.2. The monoisotopic (exact) mass is 333 g/mol. The minimum Gasteiger partial charge on any atom is -0.304 e. The average Bonchev–Trinajstić information content (AvgIpc) is 3.11. The van der Waals surface area contributed by atoms with Crippen LogP contribution in [0.1, 0.15) is 16.1 Å². The maximum absolute atomic E-state index is 13.0. The van der Waals surface area contributed by atoms with Crippen LogP contribution in [0.3, 0.4) is 0 Å². The van der Waals surface area contributed by atoms with Crippen molar-refractivity contribution in [1.82, 2.24) is 19.6 Å². The highest BCUT2D eigenvalue weighted by Crippen LogP contribution is 2.18. The SMILES string of the molecule is Cn1nccc1C(=O)Nc1ccn(Cc2ccc(F)cc2Cl)n1. The van der Waals surface area contributed by atoms with Crippen LogP contribution in [-0.2, 0) is 13.6 Å². The lowest BCUT2D eigenvalue weighted by Gasteiger charge is -2.05. The van der Waals surface area contributed by atoms with Crippen molar-refractivity contribution < 1.29 is 9.18 Å². The molecule has 1 amide bonds. The second-order valence-corrected chi connectivity index (χ2v) is 5.34. The van der Waals surface area contributed by atoms with E-state index in [9.17, 15) is 9.18 Å². The Morgan fingerprint density at radius 2 is 2.17 bits per heavy atom. The zero-order chi connectivity index (χ0) is 16.4. The normalized spacial score (nSPS) is 10.7. The van der Waals surface area contributed by atoms with E-state index >= 15 is 0 Å². The fraction of sp³-hybridized carbons (Fsp3) is 0.133. The Labute approximate surface area is 136 Å². The van der Waals surface area contributed by atoms with E-state index < -0.39 is 0 Å². The zero-order valence-corrected chi connectivity index (χ0v) is 13.0. The highest BCUT2D eigenvalue weighted by Gasteiger charge is 2.12. The first kappa shape index (κ1) is 15.2. The number of amides is 1. The molecule has 0 aliphatic rings. The lowest BCUT2D eigenvalue weighted by Crippen LogP contribution is -2.16. The summed E-state index contributed by atoms with van der Waals surface area (Å²) in [6.45, 7) is 0.376. The van der Waals surface area contributed by atoms with Gasteiger partial charge in [0.1, 0.15) is 11.5 Å². The van der Waals surface area contributed by atoms with Crippen LogP contribution in [0.2, 0.25) is 5.02 Å². The Morgan fingerprint density at radius 3 is 2.87 bits per heavy atom. The van der Waals surface area contributed by atoms with E-state index in [0.29, 0.717) is 23.1 Å². The number of hydrogen-bond acceptors (Lipinski definition) is 3. The summed E-state index contributed by atoms with van der Waals surface area (Å²) in [5, 5.41) is 11.2. The Kier molecular flexibility index (Phi) is 4.12. The molecule has 3 aromatic rings. The molecule has 0 aliphatic heterocycles. The summed E-state index contributed by atoms with van der Waals surface area (Å²) in [6, 6.07) is 7.49. The number of nitrogens with one attached hydrogen (secondary N) is 1. The number of aryl methyl sites for hydroxylation is 1. The molecule has 2 aromatic heterocycles. The molecule has 0 aliphatic carbocycles. The molecule has 8 heteroatoms. The van der Waals surface area contributed by atoms with Crippen LogP contribution in [0.15, 0.2) is 42.7 Å². The minimum atomic E-state index is -0.386. The summed E-state index contributed by atoms with van der Waals surface area (Å²) in [6.07, 6.45) is 3.25. The van der Waals surface area contributed by atoms with Crippen LogP contribution in [0.25, 0.3) is 0 Å². The van der Waals surface area contributed by atoms with Gasteiger partial charge in [0, 0.05) is 30.5 Å². The van der Waals surface area contributed by atoms with Crippen molar-refractivity contribution >= 4 is 23.3 Å². The molecule has 0 saturated heterocycles. The number of hydrogen-bond donors (Lipinski definition) is 1. The second kappa shape index (κ2) is 6.21. The molecule has 0 unspecified atom stereocenters. The molecule has 118 valence electrons. The Hall–Kier alpha value is -2.67. The molecule has 1 aromatic carbocycles. The van der Waals surface area contributed by atoms with Gasteiger partial charge in [0.2, 0.25) is 0 Å². The van der Waals surface area contributed by atoms with Gasteiger partial charge in [-0.25, -0.2) is 4.39 Å². The van der Waals surface area contributed by atoms with Gasteiger partial charge in [0.05, 0.1) is 6.54 Å². The van der Waals surface area contributed by atoms with Crippen molar-refractivity contribution in [3.63, 3.8) is 0 Å². The van der Waals surface area contributed by atoms with Crippen molar-refractivity contribution in [2.45, 2.75) is 6.54 Å². The van der Waals surface area contributed by atoms with Crippen LogP contribution >= 0.6 is 11.6 Å². The zero-order valence-electron chi connectivity index (χ0n) is 12.2. The smallest absolute Gasteiger partial charge is 0.275 e. The molecule has 3 rings (SSSR count). The molecule has 2 heterocycles. The largest absolute Gasteiger partial charge is 0.304 e. The molecule has 0 atom stereocenters. The molecular weight excluding hydrogens is 321 g/mol. The molecule has 6 nitrogen and oxygen atoms in total. The van der Waals surface area contributed by atoms with Crippen molar-refractivity contribution in [3.8, 4) is 0 Å². The maximum atomic E-state index is 13.0. The fourth-order valence-corrected chi connectivity index (χ4v) is 2.34.